The summed E-state index contributed by atoms with van der Waals surface area (Å²) in [5, 5.41) is 12.7. The van der Waals surface area contributed by atoms with Crippen LogP contribution < -0.4 is 5.32 Å². The summed E-state index contributed by atoms with van der Waals surface area (Å²) in [7, 11) is 0. The van der Waals surface area contributed by atoms with Crippen molar-refractivity contribution in [3.05, 3.63) is 0 Å². The van der Waals surface area contributed by atoms with E-state index in [1.54, 1.807) is 0 Å². The van der Waals surface area contributed by atoms with Crippen molar-refractivity contribution in [2.75, 3.05) is 19.6 Å². The Labute approximate surface area is 125 Å². The lowest BCUT2D eigenvalue weighted by molar-refractivity contribution is 0.235. The van der Waals surface area contributed by atoms with Crippen molar-refractivity contribution in [2.24, 2.45) is 11.8 Å². The van der Waals surface area contributed by atoms with Crippen LogP contribution in [0, 0.1) is 23.2 Å². The lowest BCUT2D eigenvalue weighted by Gasteiger charge is -2.25. The Morgan fingerprint density at radius 2 is 1.50 bits per heavy atom. The van der Waals surface area contributed by atoms with E-state index in [2.05, 4.69) is 44.0 Å². The quantitative estimate of drug-likeness (QED) is 0.630. The molecule has 1 unspecified atom stereocenters. The van der Waals surface area contributed by atoms with E-state index >= 15 is 0 Å². The van der Waals surface area contributed by atoms with E-state index in [1.807, 2.05) is 0 Å². The molecule has 0 amide bonds. The van der Waals surface area contributed by atoms with Crippen LogP contribution >= 0.6 is 0 Å². The zero-order chi connectivity index (χ0) is 15.0. The summed E-state index contributed by atoms with van der Waals surface area (Å²) >= 11 is 0. The molecule has 1 N–H and O–H groups in total. The van der Waals surface area contributed by atoms with Gasteiger partial charge in [-0.2, -0.15) is 5.26 Å². The standard InChI is InChI=1S/C17H33N3/c1-14(2)7-10-20(11-8-15(3)4)12-9-17(13-18)19-16-5-6-16/h14-17,19H,5-12H2,1-4H3. The molecule has 3 heteroatoms. The molecule has 0 aromatic heterocycles. The lowest BCUT2D eigenvalue weighted by Crippen LogP contribution is -2.36. The summed E-state index contributed by atoms with van der Waals surface area (Å²) in [5.74, 6) is 1.51. The van der Waals surface area contributed by atoms with Crippen molar-refractivity contribution in [3.63, 3.8) is 0 Å². The van der Waals surface area contributed by atoms with Crippen LogP contribution in [0.3, 0.4) is 0 Å². The Kier molecular flexibility index (Phi) is 8.18. The van der Waals surface area contributed by atoms with Crippen LogP contribution in [0.2, 0.25) is 0 Å². The lowest BCUT2D eigenvalue weighted by atomic mass is 10.1. The summed E-state index contributed by atoms with van der Waals surface area (Å²) in [6, 6.07) is 3.09. The predicted molar refractivity (Wildman–Crippen MR) is 85.5 cm³/mol. The van der Waals surface area contributed by atoms with Crippen LogP contribution in [0.15, 0.2) is 0 Å². The van der Waals surface area contributed by atoms with Crippen LogP contribution in [-0.4, -0.2) is 36.6 Å². The van der Waals surface area contributed by atoms with E-state index in [0.29, 0.717) is 6.04 Å². The van der Waals surface area contributed by atoms with Crippen molar-refractivity contribution in [1.82, 2.24) is 10.2 Å². The third kappa shape index (κ3) is 8.55. The molecule has 1 aliphatic carbocycles. The monoisotopic (exact) mass is 279 g/mol. The van der Waals surface area contributed by atoms with Crippen LogP contribution in [-0.2, 0) is 0 Å². The second-order valence-corrected chi connectivity index (χ2v) is 7.12. The minimum absolute atomic E-state index is 0.0445. The molecule has 0 heterocycles. The molecule has 0 radical (unpaired) electrons. The van der Waals surface area contributed by atoms with Crippen molar-refractivity contribution in [1.29, 1.82) is 5.26 Å². The Balaban J connectivity index is 2.30. The van der Waals surface area contributed by atoms with Gasteiger partial charge >= 0.3 is 0 Å². The van der Waals surface area contributed by atoms with Crippen molar-refractivity contribution < 1.29 is 0 Å². The fourth-order valence-corrected chi connectivity index (χ4v) is 2.25. The van der Waals surface area contributed by atoms with E-state index < -0.39 is 0 Å². The fraction of sp³-hybridized carbons (Fsp3) is 0.941. The van der Waals surface area contributed by atoms with Gasteiger partial charge in [-0.05, 0) is 57.0 Å². The van der Waals surface area contributed by atoms with Gasteiger partial charge in [-0.15, -0.1) is 0 Å². The number of hydrogen-bond acceptors (Lipinski definition) is 3. The molecule has 0 saturated heterocycles. The number of hydrogen-bond donors (Lipinski definition) is 1. The van der Waals surface area contributed by atoms with E-state index in [0.717, 1.165) is 24.8 Å². The highest BCUT2D eigenvalue weighted by Gasteiger charge is 2.24. The second-order valence-electron chi connectivity index (χ2n) is 7.12. The van der Waals surface area contributed by atoms with Crippen molar-refractivity contribution >= 4 is 0 Å². The van der Waals surface area contributed by atoms with Crippen molar-refractivity contribution in [2.45, 2.75) is 71.9 Å². The van der Waals surface area contributed by atoms with E-state index in [-0.39, 0.29) is 6.04 Å². The molecule has 1 saturated carbocycles. The molecule has 0 spiro atoms. The first kappa shape index (κ1) is 17.5. The van der Waals surface area contributed by atoms with Gasteiger partial charge in [0.1, 0.15) is 0 Å². The van der Waals surface area contributed by atoms with Gasteiger partial charge in [-0.3, -0.25) is 5.32 Å². The zero-order valence-electron chi connectivity index (χ0n) is 13.9. The molecule has 1 fully saturated rings. The molecule has 0 bridgehead atoms. The SMILES string of the molecule is CC(C)CCN(CCC(C)C)CCC(C#N)NC1CC1. The van der Waals surface area contributed by atoms with Gasteiger partial charge < -0.3 is 4.90 Å². The number of rotatable bonds is 11. The van der Waals surface area contributed by atoms with E-state index in [1.165, 1.54) is 38.8 Å². The maximum absolute atomic E-state index is 9.22. The Morgan fingerprint density at radius 3 is 1.90 bits per heavy atom. The summed E-state index contributed by atoms with van der Waals surface area (Å²) in [6.07, 6.45) is 5.98. The third-order valence-electron chi connectivity index (χ3n) is 3.95. The molecule has 20 heavy (non-hydrogen) atoms. The molecule has 3 nitrogen and oxygen atoms in total. The normalized spacial score (nSPS) is 16.9. The highest BCUT2D eigenvalue weighted by atomic mass is 15.1. The first-order valence-corrected chi connectivity index (χ1v) is 8.39. The number of nitrogens with one attached hydrogen (secondary N) is 1. The van der Waals surface area contributed by atoms with Gasteiger partial charge in [0.2, 0.25) is 0 Å². The van der Waals surface area contributed by atoms with E-state index in [4.69, 9.17) is 0 Å². The third-order valence-corrected chi connectivity index (χ3v) is 3.95. The molecular formula is C17H33N3. The maximum atomic E-state index is 9.22. The fourth-order valence-electron chi connectivity index (χ4n) is 2.25. The van der Waals surface area contributed by atoms with E-state index in [9.17, 15) is 5.26 Å². The van der Waals surface area contributed by atoms with Crippen LogP contribution in [0.4, 0.5) is 0 Å². The highest BCUT2D eigenvalue weighted by Crippen LogP contribution is 2.20. The number of nitriles is 1. The molecule has 1 rings (SSSR count). The Morgan fingerprint density at radius 1 is 1.00 bits per heavy atom. The molecule has 1 atom stereocenters. The molecular weight excluding hydrogens is 246 g/mol. The minimum atomic E-state index is 0.0445. The molecule has 0 aromatic rings. The molecule has 0 aliphatic heterocycles. The van der Waals surface area contributed by atoms with Gasteiger partial charge in [0.05, 0.1) is 12.1 Å². The van der Waals surface area contributed by atoms with Crippen LogP contribution in [0.5, 0.6) is 0 Å². The summed E-state index contributed by atoms with van der Waals surface area (Å²) < 4.78 is 0. The predicted octanol–water partition coefficient (Wildman–Crippen LogP) is 3.41. The van der Waals surface area contributed by atoms with Gasteiger partial charge in [0, 0.05) is 12.6 Å². The molecule has 1 aliphatic rings. The first-order chi connectivity index (χ1) is 9.51. The molecule has 116 valence electrons. The second kappa shape index (κ2) is 9.37. The topological polar surface area (TPSA) is 39.1 Å². The van der Waals surface area contributed by atoms with Gasteiger partial charge in [-0.1, -0.05) is 27.7 Å². The van der Waals surface area contributed by atoms with Gasteiger partial charge in [0.25, 0.3) is 0 Å². The Bertz CT molecular complexity index is 277. The average Bonchev–Trinajstić information content (AvgIpc) is 3.19. The number of nitrogens with zero attached hydrogens (tertiary/aromatic N) is 2. The van der Waals surface area contributed by atoms with Crippen LogP contribution in [0.25, 0.3) is 0 Å². The van der Waals surface area contributed by atoms with Crippen molar-refractivity contribution in [3.8, 4) is 6.07 Å². The maximum Gasteiger partial charge on any atom is 0.0967 e. The van der Waals surface area contributed by atoms with Gasteiger partial charge in [0.15, 0.2) is 0 Å². The minimum Gasteiger partial charge on any atom is -0.303 e. The average molecular weight is 279 g/mol. The molecule has 0 aromatic carbocycles. The Hall–Kier alpha value is -0.590. The highest BCUT2D eigenvalue weighted by molar-refractivity contribution is 4.96. The summed E-state index contributed by atoms with van der Waals surface area (Å²) in [6.45, 7) is 12.5. The summed E-state index contributed by atoms with van der Waals surface area (Å²) in [5.41, 5.74) is 0. The van der Waals surface area contributed by atoms with Gasteiger partial charge in [-0.25, -0.2) is 0 Å². The first-order valence-electron chi connectivity index (χ1n) is 8.39. The zero-order valence-corrected chi connectivity index (χ0v) is 13.9. The van der Waals surface area contributed by atoms with Crippen LogP contribution in [0.1, 0.15) is 59.8 Å². The smallest absolute Gasteiger partial charge is 0.0967 e. The summed E-state index contributed by atoms with van der Waals surface area (Å²) in [4.78, 5) is 2.55. The largest absolute Gasteiger partial charge is 0.303 e.